The molecule has 0 amide bonds. The summed E-state index contributed by atoms with van der Waals surface area (Å²) >= 11 is 0. The van der Waals surface area contributed by atoms with Gasteiger partial charge in [0, 0.05) is 11.4 Å². The molecular weight excluding hydrogens is 318 g/mol. The zero-order valence-corrected chi connectivity index (χ0v) is 15.1. The summed E-state index contributed by atoms with van der Waals surface area (Å²) in [6.45, 7) is 4.99. The molecule has 1 aliphatic heterocycles. The summed E-state index contributed by atoms with van der Waals surface area (Å²) < 4.78 is 11.2. The molecule has 1 unspecified atom stereocenters. The van der Waals surface area contributed by atoms with Crippen molar-refractivity contribution in [1.82, 2.24) is 4.90 Å². The van der Waals surface area contributed by atoms with E-state index in [2.05, 4.69) is 0 Å². The lowest BCUT2D eigenvalue weighted by atomic mass is 10.1. The molecule has 25 heavy (non-hydrogen) atoms. The topological polar surface area (TPSA) is 62.2 Å². The first-order valence-electron chi connectivity index (χ1n) is 8.79. The number of benzene rings is 1. The predicted octanol–water partition coefficient (Wildman–Crippen LogP) is 3.00. The van der Waals surface area contributed by atoms with E-state index in [-0.39, 0.29) is 0 Å². The molecule has 0 saturated heterocycles. The summed E-state index contributed by atoms with van der Waals surface area (Å²) in [7, 11) is 1.62. The van der Waals surface area contributed by atoms with Gasteiger partial charge in [-0.2, -0.15) is 0 Å². The number of ether oxygens (including phenoxy) is 2. The minimum atomic E-state index is -0.670. The Hall–Kier alpha value is -1.98. The molecule has 1 aromatic carbocycles. The Balaban J connectivity index is 1.72. The molecule has 3 rings (SSSR count). The number of allylic oxidation sites excluding steroid dienone is 2. The third-order valence-corrected chi connectivity index (χ3v) is 4.77. The molecule has 0 spiro atoms. The van der Waals surface area contributed by atoms with E-state index in [4.69, 9.17) is 9.47 Å². The van der Waals surface area contributed by atoms with Gasteiger partial charge >= 0.3 is 0 Å². The van der Waals surface area contributed by atoms with E-state index >= 15 is 0 Å². The second-order valence-corrected chi connectivity index (χ2v) is 6.90. The number of aliphatic hydroxyl groups is 2. The maximum Gasteiger partial charge on any atom is 0.161 e. The van der Waals surface area contributed by atoms with Crippen molar-refractivity contribution in [2.75, 3.05) is 20.3 Å². The highest BCUT2D eigenvalue weighted by Gasteiger charge is 2.24. The summed E-state index contributed by atoms with van der Waals surface area (Å²) in [4.78, 5) is 2.01. The smallest absolute Gasteiger partial charge is 0.161 e. The van der Waals surface area contributed by atoms with Crippen LogP contribution >= 0.6 is 0 Å². The second kappa shape index (κ2) is 7.50. The van der Waals surface area contributed by atoms with Gasteiger partial charge in [-0.05, 0) is 62.5 Å². The average Bonchev–Trinajstić information content (AvgIpc) is 3.40. The molecule has 1 heterocycles. The van der Waals surface area contributed by atoms with Crippen LogP contribution < -0.4 is 9.47 Å². The molecule has 1 aromatic rings. The first kappa shape index (κ1) is 17.8. The Morgan fingerprint density at radius 1 is 1.16 bits per heavy atom. The largest absolute Gasteiger partial charge is 0.493 e. The van der Waals surface area contributed by atoms with Crippen molar-refractivity contribution in [1.29, 1.82) is 0 Å². The van der Waals surface area contributed by atoms with Gasteiger partial charge in [-0.1, -0.05) is 6.07 Å². The standard InChI is InChI=1S/C20H27NO4/c1-13-8-17(22)9-14(2)21(13)11-18(23)16-6-7-19(24-3)20(10-16)25-12-15-4-5-15/h6-10,15,17-18,22-23H,4-5,11-12H2,1-3H3. The van der Waals surface area contributed by atoms with Crippen LogP contribution in [0.2, 0.25) is 0 Å². The minimum Gasteiger partial charge on any atom is -0.493 e. The highest BCUT2D eigenvalue weighted by molar-refractivity contribution is 5.43. The van der Waals surface area contributed by atoms with Crippen LogP contribution in [-0.4, -0.2) is 41.5 Å². The first-order valence-corrected chi connectivity index (χ1v) is 8.79. The van der Waals surface area contributed by atoms with E-state index in [0.717, 1.165) is 17.0 Å². The highest BCUT2D eigenvalue weighted by Crippen LogP contribution is 2.35. The van der Waals surface area contributed by atoms with Crippen molar-refractivity contribution < 1.29 is 19.7 Å². The van der Waals surface area contributed by atoms with Crippen molar-refractivity contribution in [3.8, 4) is 11.5 Å². The van der Waals surface area contributed by atoms with Gasteiger partial charge in [0.15, 0.2) is 11.5 Å². The molecule has 5 nitrogen and oxygen atoms in total. The predicted molar refractivity (Wildman–Crippen MR) is 96.4 cm³/mol. The van der Waals surface area contributed by atoms with Crippen LogP contribution in [-0.2, 0) is 0 Å². The number of β-amino-alcohol motifs (C(OH)–C–C–N with tert-alkyl or cyclic N) is 1. The fourth-order valence-corrected chi connectivity index (χ4v) is 3.07. The van der Waals surface area contributed by atoms with E-state index < -0.39 is 12.2 Å². The molecule has 136 valence electrons. The Labute approximate surface area is 149 Å². The number of nitrogens with zero attached hydrogens (tertiary/aromatic N) is 1. The molecule has 1 fully saturated rings. The lowest BCUT2D eigenvalue weighted by Gasteiger charge is -2.32. The summed E-state index contributed by atoms with van der Waals surface area (Å²) in [6.07, 6.45) is 4.77. The number of methoxy groups -OCH3 is 1. The van der Waals surface area contributed by atoms with Crippen molar-refractivity contribution in [2.45, 2.75) is 38.9 Å². The van der Waals surface area contributed by atoms with Gasteiger partial charge in [0.25, 0.3) is 0 Å². The lowest BCUT2D eigenvalue weighted by molar-refractivity contribution is 0.138. The molecule has 1 atom stereocenters. The van der Waals surface area contributed by atoms with E-state index in [1.54, 1.807) is 19.3 Å². The molecule has 0 radical (unpaired) electrons. The Bertz CT molecular complexity index is 658. The molecule has 2 aliphatic rings. The Morgan fingerprint density at radius 3 is 2.44 bits per heavy atom. The van der Waals surface area contributed by atoms with Gasteiger partial charge in [-0.25, -0.2) is 0 Å². The summed E-state index contributed by atoms with van der Waals surface area (Å²) in [5.41, 5.74) is 2.66. The molecule has 5 heteroatoms. The van der Waals surface area contributed by atoms with E-state index in [9.17, 15) is 10.2 Å². The zero-order chi connectivity index (χ0) is 18.0. The molecule has 0 aromatic heterocycles. The van der Waals surface area contributed by atoms with Crippen LogP contribution in [0.25, 0.3) is 0 Å². The van der Waals surface area contributed by atoms with Gasteiger partial charge in [-0.3, -0.25) is 0 Å². The number of rotatable bonds is 7. The third kappa shape index (κ3) is 4.35. The molecular formula is C20H27NO4. The normalized spacial score (nSPS) is 19.3. The summed E-state index contributed by atoms with van der Waals surface area (Å²) in [5.74, 6) is 2.02. The monoisotopic (exact) mass is 345 g/mol. The Kier molecular flexibility index (Phi) is 5.35. The average molecular weight is 345 g/mol. The molecule has 2 N–H and O–H groups in total. The summed E-state index contributed by atoms with van der Waals surface area (Å²) in [6, 6.07) is 5.57. The van der Waals surface area contributed by atoms with E-state index in [1.165, 1.54) is 12.8 Å². The highest BCUT2D eigenvalue weighted by atomic mass is 16.5. The van der Waals surface area contributed by atoms with Gasteiger partial charge in [-0.15, -0.1) is 0 Å². The van der Waals surface area contributed by atoms with Crippen LogP contribution in [0, 0.1) is 5.92 Å². The van der Waals surface area contributed by atoms with Gasteiger partial charge in [0.05, 0.1) is 32.5 Å². The SMILES string of the molecule is COc1ccc(C(O)CN2C(C)=CC(O)C=C2C)cc1OCC1CC1. The van der Waals surface area contributed by atoms with Crippen molar-refractivity contribution >= 4 is 0 Å². The van der Waals surface area contributed by atoms with E-state index in [1.807, 2.05) is 36.9 Å². The maximum atomic E-state index is 10.7. The van der Waals surface area contributed by atoms with Crippen molar-refractivity contribution in [2.24, 2.45) is 5.92 Å². The van der Waals surface area contributed by atoms with Gasteiger partial charge in [0.1, 0.15) is 0 Å². The zero-order valence-electron chi connectivity index (χ0n) is 15.1. The Morgan fingerprint density at radius 2 is 1.84 bits per heavy atom. The summed E-state index contributed by atoms with van der Waals surface area (Å²) in [5, 5.41) is 20.4. The molecule has 1 aliphatic carbocycles. The molecule has 0 bridgehead atoms. The van der Waals surface area contributed by atoms with Gasteiger partial charge in [0.2, 0.25) is 0 Å². The number of hydrogen-bond acceptors (Lipinski definition) is 5. The third-order valence-electron chi connectivity index (χ3n) is 4.77. The first-order chi connectivity index (χ1) is 12.0. The number of hydrogen-bond donors (Lipinski definition) is 2. The quantitative estimate of drug-likeness (QED) is 0.795. The number of aliphatic hydroxyl groups excluding tert-OH is 2. The van der Waals surface area contributed by atoms with Crippen molar-refractivity contribution in [3.63, 3.8) is 0 Å². The van der Waals surface area contributed by atoms with Crippen LogP contribution in [0.3, 0.4) is 0 Å². The minimum absolute atomic E-state index is 0.422. The van der Waals surface area contributed by atoms with E-state index in [0.29, 0.717) is 30.6 Å². The second-order valence-electron chi connectivity index (χ2n) is 6.90. The van der Waals surface area contributed by atoms with Crippen molar-refractivity contribution in [3.05, 3.63) is 47.3 Å². The maximum absolute atomic E-state index is 10.7. The lowest BCUT2D eigenvalue weighted by Crippen LogP contribution is -2.29. The van der Waals surface area contributed by atoms with Crippen LogP contribution in [0.1, 0.15) is 38.4 Å². The van der Waals surface area contributed by atoms with Crippen LogP contribution in [0.5, 0.6) is 11.5 Å². The fourth-order valence-electron chi connectivity index (χ4n) is 3.07. The van der Waals surface area contributed by atoms with Crippen LogP contribution in [0.15, 0.2) is 41.7 Å². The molecule has 1 saturated carbocycles. The fraction of sp³-hybridized carbons (Fsp3) is 0.500. The van der Waals surface area contributed by atoms with Gasteiger partial charge < -0.3 is 24.6 Å². The van der Waals surface area contributed by atoms with Crippen LogP contribution in [0.4, 0.5) is 0 Å².